The normalized spacial score (nSPS) is 14.0. The SMILES string of the molecule is C[C@H](C(=O)N[C@H](Cc1ccccc1)c1ccccc1F)S(C)(=O)=O. The molecule has 0 aliphatic rings. The van der Waals surface area contributed by atoms with Gasteiger partial charge in [0.2, 0.25) is 5.91 Å². The molecule has 0 radical (unpaired) electrons. The fourth-order valence-electron chi connectivity index (χ4n) is 2.33. The van der Waals surface area contributed by atoms with E-state index in [1.54, 1.807) is 18.2 Å². The summed E-state index contributed by atoms with van der Waals surface area (Å²) in [5, 5.41) is 1.48. The van der Waals surface area contributed by atoms with Crippen molar-refractivity contribution in [2.24, 2.45) is 0 Å². The molecule has 0 aliphatic heterocycles. The smallest absolute Gasteiger partial charge is 0.238 e. The first-order valence-electron chi connectivity index (χ1n) is 7.56. The van der Waals surface area contributed by atoms with Crippen molar-refractivity contribution in [3.63, 3.8) is 0 Å². The average molecular weight is 349 g/mol. The second kappa shape index (κ2) is 7.57. The Hall–Kier alpha value is -2.21. The molecule has 2 rings (SSSR count). The molecule has 0 unspecified atom stereocenters. The third kappa shape index (κ3) is 4.64. The van der Waals surface area contributed by atoms with Crippen molar-refractivity contribution in [3.8, 4) is 0 Å². The minimum absolute atomic E-state index is 0.329. The first-order valence-corrected chi connectivity index (χ1v) is 9.52. The van der Waals surface area contributed by atoms with Gasteiger partial charge in [-0.1, -0.05) is 48.5 Å². The van der Waals surface area contributed by atoms with E-state index in [1.807, 2.05) is 30.3 Å². The molecule has 2 aromatic rings. The Morgan fingerprint density at radius 3 is 2.25 bits per heavy atom. The molecule has 0 aliphatic carbocycles. The summed E-state index contributed by atoms with van der Waals surface area (Å²) in [5.74, 6) is -1.08. The first kappa shape index (κ1) is 18.1. The number of amides is 1. The molecule has 2 atom stereocenters. The zero-order valence-electron chi connectivity index (χ0n) is 13.6. The lowest BCUT2D eigenvalue weighted by Crippen LogP contribution is -2.40. The molecule has 2 aromatic carbocycles. The zero-order chi connectivity index (χ0) is 17.7. The maximum atomic E-state index is 14.2. The van der Waals surface area contributed by atoms with Crippen LogP contribution in [0.25, 0.3) is 0 Å². The molecule has 0 spiro atoms. The lowest BCUT2D eigenvalue weighted by atomic mass is 9.98. The number of hydrogen-bond acceptors (Lipinski definition) is 3. The minimum Gasteiger partial charge on any atom is -0.348 e. The highest BCUT2D eigenvalue weighted by Crippen LogP contribution is 2.22. The third-order valence-corrected chi connectivity index (χ3v) is 5.39. The van der Waals surface area contributed by atoms with Crippen LogP contribution in [0.15, 0.2) is 54.6 Å². The van der Waals surface area contributed by atoms with Crippen molar-refractivity contribution in [3.05, 3.63) is 71.5 Å². The summed E-state index contributed by atoms with van der Waals surface area (Å²) in [6.45, 7) is 1.32. The van der Waals surface area contributed by atoms with Crippen LogP contribution < -0.4 is 5.32 Å². The van der Waals surface area contributed by atoms with Gasteiger partial charge < -0.3 is 5.32 Å². The quantitative estimate of drug-likeness (QED) is 0.872. The fourth-order valence-corrected chi connectivity index (χ4v) is 2.79. The fraction of sp³-hybridized carbons (Fsp3) is 0.278. The van der Waals surface area contributed by atoms with Gasteiger partial charge in [0.25, 0.3) is 0 Å². The maximum Gasteiger partial charge on any atom is 0.238 e. The second-order valence-electron chi connectivity index (χ2n) is 5.74. The number of halogens is 1. The minimum atomic E-state index is -3.52. The van der Waals surface area contributed by atoms with Crippen LogP contribution in [-0.4, -0.2) is 25.8 Å². The van der Waals surface area contributed by atoms with Gasteiger partial charge in [-0.2, -0.15) is 0 Å². The molecule has 0 aromatic heterocycles. The molecule has 1 amide bonds. The van der Waals surface area contributed by atoms with Crippen LogP contribution in [-0.2, 0) is 21.1 Å². The summed E-state index contributed by atoms with van der Waals surface area (Å²) >= 11 is 0. The Kier molecular flexibility index (Phi) is 5.72. The molecular formula is C18H20FNO3S. The predicted octanol–water partition coefficient (Wildman–Crippen LogP) is 2.66. The van der Waals surface area contributed by atoms with Crippen LogP contribution in [0.5, 0.6) is 0 Å². The molecular weight excluding hydrogens is 329 g/mol. The number of sulfone groups is 1. The predicted molar refractivity (Wildman–Crippen MR) is 91.7 cm³/mol. The zero-order valence-corrected chi connectivity index (χ0v) is 14.4. The third-order valence-electron chi connectivity index (χ3n) is 3.89. The topological polar surface area (TPSA) is 63.2 Å². The Morgan fingerprint density at radius 2 is 1.67 bits per heavy atom. The van der Waals surface area contributed by atoms with Gasteiger partial charge in [0.1, 0.15) is 11.1 Å². The molecule has 0 heterocycles. The van der Waals surface area contributed by atoms with E-state index in [-0.39, 0.29) is 0 Å². The van der Waals surface area contributed by atoms with Crippen LogP contribution in [0.3, 0.4) is 0 Å². The standard InChI is InChI=1S/C18H20FNO3S/c1-13(24(2,22)23)18(21)20-17(12-14-8-4-3-5-9-14)15-10-6-7-11-16(15)19/h3-11,13,17H,12H2,1-2H3,(H,20,21)/t13-,17-/m1/s1. The largest absolute Gasteiger partial charge is 0.348 e. The highest BCUT2D eigenvalue weighted by molar-refractivity contribution is 7.92. The molecule has 128 valence electrons. The highest BCUT2D eigenvalue weighted by Gasteiger charge is 2.27. The number of rotatable bonds is 6. The molecule has 1 N–H and O–H groups in total. The van der Waals surface area contributed by atoms with Crippen LogP contribution in [0.2, 0.25) is 0 Å². The van der Waals surface area contributed by atoms with E-state index in [0.29, 0.717) is 12.0 Å². The lowest BCUT2D eigenvalue weighted by Gasteiger charge is -2.22. The Bertz CT molecular complexity index is 806. The first-order chi connectivity index (χ1) is 11.3. The summed E-state index contributed by atoms with van der Waals surface area (Å²) in [7, 11) is -3.52. The van der Waals surface area contributed by atoms with Crippen LogP contribution in [0.4, 0.5) is 4.39 Å². The van der Waals surface area contributed by atoms with Gasteiger partial charge in [-0.15, -0.1) is 0 Å². The van der Waals surface area contributed by atoms with Gasteiger partial charge in [0, 0.05) is 11.8 Å². The van der Waals surface area contributed by atoms with Crippen molar-refractivity contribution < 1.29 is 17.6 Å². The summed E-state index contributed by atoms with van der Waals surface area (Å²) < 4.78 is 37.3. The van der Waals surface area contributed by atoms with Gasteiger partial charge in [-0.3, -0.25) is 4.79 Å². The monoisotopic (exact) mass is 349 g/mol. The van der Waals surface area contributed by atoms with Crippen molar-refractivity contribution in [1.82, 2.24) is 5.32 Å². The van der Waals surface area contributed by atoms with Crippen molar-refractivity contribution in [1.29, 1.82) is 0 Å². The average Bonchev–Trinajstić information content (AvgIpc) is 2.54. The highest BCUT2D eigenvalue weighted by atomic mass is 32.2. The Morgan fingerprint density at radius 1 is 1.08 bits per heavy atom. The molecule has 4 nitrogen and oxygen atoms in total. The summed E-state index contributed by atoms with van der Waals surface area (Å²) in [5.41, 5.74) is 1.24. The number of hydrogen-bond donors (Lipinski definition) is 1. The Labute approximate surface area is 141 Å². The van der Waals surface area contributed by atoms with Gasteiger partial charge >= 0.3 is 0 Å². The second-order valence-corrected chi connectivity index (χ2v) is 8.11. The summed E-state index contributed by atoms with van der Waals surface area (Å²) in [6.07, 6.45) is 1.37. The molecule has 0 saturated heterocycles. The van der Waals surface area contributed by atoms with Gasteiger partial charge in [0.15, 0.2) is 9.84 Å². The maximum absolute atomic E-state index is 14.2. The van der Waals surface area contributed by atoms with Gasteiger partial charge in [-0.05, 0) is 25.0 Å². The number of benzene rings is 2. The van der Waals surface area contributed by atoms with E-state index in [4.69, 9.17) is 0 Å². The van der Waals surface area contributed by atoms with Crippen molar-refractivity contribution >= 4 is 15.7 Å². The van der Waals surface area contributed by atoms with E-state index >= 15 is 0 Å². The van der Waals surface area contributed by atoms with E-state index in [0.717, 1.165) is 11.8 Å². The van der Waals surface area contributed by atoms with E-state index in [1.165, 1.54) is 13.0 Å². The molecule has 6 heteroatoms. The Balaban J connectivity index is 2.30. The number of nitrogens with one attached hydrogen (secondary N) is 1. The van der Waals surface area contributed by atoms with Crippen LogP contribution in [0, 0.1) is 5.82 Å². The number of carbonyl (C=O) groups is 1. The van der Waals surface area contributed by atoms with Crippen LogP contribution >= 0.6 is 0 Å². The van der Waals surface area contributed by atoms with E-state index in [2.05, 4.69) is 5.32 Å². The molecule has 0 bridgehead atoms. The molecule has 0 saturated carbocycles. The van der Waals surface area contributed by atoms with Crippen molar-refractivity contribution in [2.75, 3.05) is 6.26 Å². The molecule has 0 fully saturated rings. The van der Waals surface area contributed by atoms with E-state index in [9.17, 15) is 17.6 Å². The van der Waals surface area contributed by atoms with E-state index < -0.39 is 32.9 Å². The van der Waals surface area contributed by atoms with Crippen LogP contribution in [0.1, 0.15) is 24.1 Å². The van der Waals surface area contributed by atoms with Crippen molar-refractivity contribution in [2.45, 2.75) is 24.6 Å². The lowest BCUT2D eigenvalue weighted by molar-refractivity contribution is -0.121. The summed E-state index contributed by atoms with van der Waals surface area (Å²) in [6, 6.07) is 14.8. The van der Waals surface area contributed by atoms with Gasteiger partial charge in [-0.25, -0.2) is 12.8 Å². The number of carbonyl (C=O) groups excluding carboxylic acids is 1. The summed E-state index contributed by atoms with van der Waals surface area (Å²) in [4.78, 5) is 12.3. The van der Waals surface area contributed by atoms with Gasteiger partial charge in [0.05, 0.1) is 6.04 Å². The molecule has 24 heavy (non-hydrogen) atoms.